The molecule has 45 heavy (non-hydrogen) atoms. The van der Waals surface area contributed by atoms with Crippen LogP contribution in [0.15, 0.2) is 48.5 Å². The second kappa shape index (κ2) is 12.5. The lowest BCUT2D eigenvalue weighted by Crippen LogP contribution is -2.59. The van der Waals surface area contributed by atoms with E-state index in [0.717, 1.165) is 24.0 Å². The number of piperidine rings is 1. The summed E-state index contributed by atoms with van der Waals surface area (Å²) in [6.07, 6.45) is 2.56. The summed E-state index contributed by atoms with van der Waals surface area (Å²) in [7, 11) is -3.62. The molecule has 1 aliphatic heterocycles. The molecule has 8 nitrogen and oxygen atoms in total. The van der Waals surface area contributed by atoms with Crippen molar-refractivity contribution in [2.75, 3.05) is 5.75 Å². The van der Waals surface area contributed by atoms with Crippen LogP contribution in [0, 0.1) is 17.3 Å². The molecule has 2 saturated carbocycles. The normalized spacial score (nSPS) is 27.9. The smallest absolute Gasteiger partial charge is 0.306 e. The molecule has 0 aromatic heterocycles. The molecule has 0 spiro atoms. The molecule has 2 aromatic rings. The third kappa shape index (κ3) is 7.20. The Kier molecular flexibility index (Phi) is 9.39. The van der Waals surface area contributed by atoms with Gasteiger partial charge in [-0.2, -0.15) is 0 Å². The van der Waals surface area contributed by atoms with Crippen LogP contribution in [0.5, 0.6) is 0 Å². The van der Waals surface area contributed by atoms with E-state index < -0.39 is 44.0 Å². The number of carbonyl (C=O) groups excluding carboxylic acids is 2. The lowest BCUT2D eigenvalue weighted by molar-refractivity contribution is -0.157. The van der Waals surface area contributed by atoms with Gasteiger partial charge in [0.1, 0.15) is 0 Å². The van der Waals surface area contributed by atoms with Crippen molar-refractivity contribution in [3.63, 3.8) is 0 Å². The molecule has 4 atom stereocenters. The van der Waals surface area contributed by atoms with Crippen molar-refractivity contribution in [2.24, 2.45) is 17.3 Å². The van der Waals surface area contributed by atoms with Crippen LogP contribution < -0.4 is 5.32 Å². The first-order valence-corrected chi connectivity index (χ1v) is 18.0. The van der Waals surface area contributed by atoms with E-state index in [4.69, 9.17) is 23.2 Å². The van der Waals surface area contributed by atoms with E-state index in [1.165, 1.54) is 0 Å². The van der Waals surface area contributed by atoms with Gasteiger partial charge in [-0.1, -0.05) is 54.4 Å². The topological polar surface area (TPSA) is 121 Å². The van der Waals surface area contributed by atoms with Crippen LogP contribution in [0.4, 0.5) is 0 Å². The second-order valence-electron chi connectivity index (χ2n) is 14.4. The SMILES string of the molecule is CC(C)(C)S(=O)(=O)C[C@H](C1CC1)N1C(=O)[C@@](C)(CC(=O)NC2CC(C(=O)O)C2)C[C@H](c2cccc(Cl)c2)[C@H]1c1ccc(Cl)cc1. The van der Waals surface area contributed by atoms with Crippen molar-refractivity contribution >= 4 is 50.8 Å². The van der Waals surface area contributed by atoms with Gasteiger partial charge in [0.25, 0.3) is 0 Å². The number of benzene rings is 2. The number of sulfone groups is 1. The quantitative estimate of drug-likeness (QED) is 0.300. The molecule has 3 aliphatic rings. The summed E-state index contributed by atoms with van der Waals surface area (Å²) in [6.45, 7) is 6.83. The van der Waals surface area contributed by atoms with Gasteiger partial charge in [0, 0.05) is 34.5 Å². The zero-order valence-corrected chi connectivity index (χ0v) is 28.5. The minimum atomic E-state index is -3.62. The molecule has 0 unspecified atom stereocenters. The number of carbonyl (C=O) groups is 3. The van der Waals surface area contributed by atoms with Crippen LogP contribution in [0.2, 0.25) is 10.0 Å². The maximum absolute atomic E-state index is 14.9. The van der Waals surface area contributed by atoms with Gasteiger partial charge in [0.2, 0.25) is 11.8 Å². The van der Waals surface area contributed by atoms with Crippen LogP contribution in [-0.4, -0.2) is 58.8 Å². The van der Waals surface area contributed by atoms with Gasteiger partial charge in [-0.3, -0.25) is 14.4 Å². The molecule has 2 N–H and O–H groups in total. The molecule has 2 aliphatic carbocycles. The summed E-state index contributed by atoms with van der Waals surface area (Å²) < 4.78 is 26.4. The molecule has 11 heteroatoms. The number of hydrogen-bond acceptors (Lipinski definition) is 5. The Hall–Kier alpha value is -2.62. The minimum Gasteiger partial charge on any atom is -0.481 e. The van der Waals surface area contributed by atoms with E-state index in [1.54, 1.807) is 50.8 Å². The summed E-state index contributed by atoms with van der Waals surface area (Å²) >= 11 is 12.8. The number of rotatable bonds is 10. The van der Waals surface area contributed by atoms with Gasteiger partial charge in [0.05, 0.1) is 27.9 Å². The first-order valence-electron chi connectivity index (χ1n) is 15.6. The number of amides is 2. The van der Waals surface area contributed by atoms with Crippen molar-refractivity contribution in [3.05, 3.63) is 69.7 Å². The number of hydrogen-bond donors (Lipinski definition) is 2. The van der Waals surface area contributed by atoms with Gasteiger partial charge in [-0.05, 0) is 94.2 Å². The molecule has 3 fully saturated rings. The van der Waals surface area contributed by atoms with Crippen LogP contribution in [0.3, 0.4) is 0 Å². The molecular formula is C34H42Cl2N2O6S. The molecule has 1 saturated heterocycles. The molecule has 244 valence electrons. The average molecular weight is 678 g/mol. The summed E-state index contributed by atoms with van der Waals surface area (Å²) in [5.41, 5.74) is 0.564. The Balaban J connectivity index is 1.59. The van der Waals surface area contributed by atoms with E-state index in [1.807, 2.05) is 30.3 Å². The van der Waals surface area contributed by atoms with Crippen molar-refractivity contribution < 1.29 is 27.9 Å². The number of carboxylic acids is 1. The lowest BCUT2D eigenvalue weighted by Gasteiger charge is -2.52. The fourth-order valence-electron chi connectivity index (χ4n) is 6.88. The first kappa shape index (κ1) is 33.7. The number of nitrogens with one attached hydrogen (secondary N) is 1. The molecule has 2 amide bonds. The maximum atomic E-state index is 14.9. The highest BCUT2D eigenvalue weighted by Gasteiger charge is 2.55. The van der Waals surface area contributed by atoms with Crippen LogP contribution in [0.1, 0.15) is 89.3 Å². The Morgan fingerprint density at radius 2 is 1.69 bits per heavy atom. The van der Waals surface area contributed by atoms with Gasteiger partial charge < -0.3 is 15.3 Å². The van der Waals surface area contributed by atoms with E-state index in [-0.39, 0.29) is 41.9 Å². The monoisotopic (exact) mass is 676 g/mol. The number of likely N-dealkylation sites (tertiary alicyclic amines) is 1. The molecule has 0 radical (unpaired) electrons. The Bertz CT molecular complexity index is 1560. The Labute approximate surface area is 275 Å². The molecule has 1 heterocycles. The zero-order valence-electron chi connectivity index (χ0n) is 26.1. The minimum absolute atomic E-state index is 0.0139. The van der Waals surface area contributed by atoms with E-state index in [2.05, 4.69) is 5.32 Å². The van der Waals surface area contributed by atoms with E-state index in [0.29, 0.717) is 29.3 Å². The highest BCUT2D eigenvalue weighted by atomic mass is 35.5. The average Bonchev–Trinajstić information content (AvgIpc) is 3.76. The molecule has 5 rings (SSSR count). The number of nitrogens with zero attached hydrogens (tertiary/aromatic N) is 1. The third-order valence-electron chi connectivity index (χ3n) is 9.84. The summed E-state index contributed by atoms with van der Waals surface area (Å²) in [6, 6.07) is 13.4. The Morgan fingerprint density at radius 3 is 2.24 bits per heavy atom. The molecular weight excluding hydrogens is 635 g/mol. The number of aliphatic carboxylic acids is 1. The highest BCUT2D eigenvalue weighted by Crippen LogP contribution is 2.54. The van der Waals surface area contributed by atoms with Gasteiger partial charge in [-0.25, -0.2) is 8.42 Å². The van der Waals surface area contributed by atoms with Crippen LogP contribution in [-0.2, 0) is 24.2 Å². The summed E-state index contributed by atoms with van der Waals surface area (Å²) in [4.78, 5) is 41.4. The van der Waals surface area contributed by atoms with Crippen molar-refractivity contribution in [2.45, 2.75) is 95.0 Å². The van der Waals surface area contributed by atoms with Crippen LogP contribution in [0.25, 0.3) is 0 Å². The third-order valence-corrected chi connectivity index (χ3v) is 13.0. The Morgan fingerprint density at radius 1 is 1.04 bits per heavy atom. The number of carboxylic acid groups (broad SMARTS) is 1. The van der Waals surface area contributed by atoms with Gasteiger partial charge >= 0.3 is 5.97 Å². The van der Waals surface area contributed by atoms with Crippen LogP contribution >= 0.6 is 23.2 Å². The predicted molar refractivity (Wildman–Crippen MR) is 175 cm³/mol. The van der Waals surface area contributed by atoms with Crippen molar-refractivity contribution in [1.29, 1.82) is 0 Å². The second-order valence-corrected chi connectivity index (χ2v) is 18.0. The molecule has 2 aromatic carbocycles. The summed E-state index contributed by atoms with van der Waals surface area (Å²) in [5, 5.41) is 13.3. The maximum Gasteiger partial charge on any atom is 0.306 e. The lowest BCUT2D eigenvalue weighted by atomic mass is 9.66. The molecule has 0 bridgehead atoms. The van der Waals surface area contributed by atoms with Gasteiger partial charge in [0.15, 0.2) is 9.84 Å². The largest absolute Gasteiger partial charge is 0.481 e. The van der Waals surface area contributed by atoms with E-state index >= 15 is 0 Å². The highest BCUT2D eigenvalue weighted by molar-refractivity contribution is 7.92. The predicted octanol–water partition coefficient (Wildman–Crippen LogP) is 6.42. The number of halogens is 2. The fraction of sp³-hybridized carbons (Fsp3) is 0.559. The van der Waals surface area contributed by atoms with Gasteiger partial charge in [-0.15, -0.1) is 0 Å². The van der Waals surface area contributed by atoms with E-state index in [9.17, 15) is 27.9 Å². The fourth-order valence-corrected chi connectivity index (χ4v) is 8.59. The van der Waals surface area contributed by atoms with Crippen molar-refractivity contribution in [1.82, 2.24) is 10.2 Å². The van der Waals surface area contributed by atoms with Crippen molar-refractivity contribution in [3.8, 4) is 0 Å². The zero-order chi connectivity index (χ0) is 32.9. The first-order chi connectivity index (χ1) is 21.0. The summed E-state index contributed by atoms with van der Waals surface area (Å²) in [5.74, 6) is -2.40. The standard InChI is InChI=1S/C34H42Cl2N2O6S/c1-33(2,3)45(43,44)19-28(20-8-9-20)38-30(21-10-12-24(35)13-11-21)27(22-6-5-7-25(36)14-22)17-34(4,32(38)42)18-29(39)37-26-15-23(16-26)31(40)41/h5-7,10-14,20,23,26-28,30H,8-9,15-19H2,1-4H3,(H,37,39)(H,40,41)/t23?,26?,27-,28-,30-,34-/m1/s1.